The van der Waals surface area contributed by atoms with Crippen LogP contribution in [0.2, 0.25) is 5.02 Å². The van der Waals surface area contributed by atoms with E-state index in [4.69, 9.17) is 17.3 Å². The Bertz CT molecular complexity index is 777. The van der Waals surface area contributed by atoms with Crippen LogP contribution in [0, 0.1) is 5.82 Å². The highest BCUT2D eigenvalue weighted by atomic mass is 35.5. The van der Waals surface area contributed by atoms with E-state index in [1.807, 2.05) is 12.1 Å². The number of benzene rings is 2. The number of nitrogens with two attached hydrogens (primary N) is 1. The van der Waals surface area contributed by atoms with Crippen LogP contribution in [0.4, 0.5) is 10.2 Å². The summed E-state index contributed by atoms with van der Waals surface area (Å²) < 4.78 is 14.7. The van der Waals surface area contributed by atoms with Crippen molar-refractivity contribution in [3.8, 4) is 22.4 Å². The van der Waals surface area contributed by atoms with Crippen LogP contribution >= 0.6 is 11.6 Å². The van der Waals surface area contributed by atoms with Gasteiger partial charge in [-0.25, -0.2) is 4.39 Å². The van der Waals surface area contributed by atoms with E-state index in [0.29, 0.717) is 10.8 Å². The molecule has 21 heavy (non-hydrogen) atoms. The number of hydrogen-bond acceptors (Lipinski definition) is 2. The van der Waals surface area contributed by atoms with Gasteiger partial charge in [-0.2, -0.15) is 5.10 Å². The van der Waals surface area contributed by atoms with E-state index < -0.39 is 0 Å². The highest BCUT2D eigenvalue weighted by molar-refractivity contribution is 6.30. The number of rotatable bonds is 2. The summed E-state index contributed by atoms with van der Waals surface area (Å²) in [5.41, 5.74) is 9.41. The van der Waals surface area contributed by atoms with Gasteiger partial charge in [-0.15, -0.1) is 0 Å². The van der Waals surface area contributed by atoms with Crippen molar-refractivity contribution in [2.45, 2.75) is 0 Å². The smallest absolute Gasteiger partial charge is 0.129 e. The van der Waals surface area contributed by atoms with E-state index in [0.717, 1.165) is 22.4 Å². The van der Waals surface area contributed by atoms with Gasteiger partial charge >= 0.3 is 0 Å². The Kier molecular flexibility index (Phi) is 3.39. The molecule has 2 N–H and O–H groups in total. The summed E-state index contributed by atoms with van der Waals surface area (Å²) in [6, 6.07) is 13.6. The van der Waals surface area contributed by atoms with Crippen LogP contribution in [-0.4, -0.2) is 9.78 Å². The number of halogens is 2. The normalized spacial score (nSPS) is 10.8. The third-order valence-electron chi connectivity index (χ3n) is 3.34. The van der Waals surface area contributed by atoms with Gasteiger partial charge in [-0.1, -0.05) is 23.7 Å². The maximum atomic E-state index is 13.1. The zero-order valence-electron chi connectivity index (χ0n) is 11.3. The van der Waals surface area contributed by atoms with Crippen molar-refractivity contribution in [3.63, 3.8) is 0 Å². The van der Waals surface area contributed by atoms with Gasteiger partial charge in [-0.3, -0.25) is 4.68 Å². The molecule has 0 aliphatic carbocycles. The molecule has 5 heteroatoms. The molecular weight excluding hydrogens is 289 g/mol. The van der Waals surface area contributed by atoms with E-state index in [9.17, 15) is 4.39 Å². The lowest BCUT2D eigenvalue weighted by atomic mass is 10.0. The molecule has 0 fully saturated rings. The van der Waals surface area contributed by atoms with Crippen molar-refractivity contribution >= 4 is 17.4 Å². The zero-order chi connectivity index (χ0) is 15.0. The van der Waals surface area contributed by atoms with Crippen LogP contribution in [0.25, 0.3) is 22.4 Å². The van der Waals surface area contributed by atoms with Gasteiger partial charge in [0.2, 0.25) is 0 Å². The third-order valence-corrected chi connectivity index (χ3v) is 3.59. The lowest BCUT2D eigenvalue weighted by molar-refractivity contribution is 0.628. The number of nitrogen functional groups attached to an aromatic ring is 1. The van der Waals surface area contributed by atoms with Crippen LogP contribution in [-0.2, 0) is 7.05 Å². The second kappa shape index (κ2) is 5.22. The Morgan fingerprint density at radius 2 is 1.57 bits per heavy atom. The van der Waals surface area contributed by atoms with Gasteiger partial charge in [0.1, 0.15) is 17.3 Å². The summed E-state index contributed by atoms with van der Waals surface area (Å²) in [5, 5.41) is 5.10. The van der Waals surface area contributed by atoms with Crippen LogP contribution < -0.4 is 5.73 Å². The summed E-state index contributed by atoms with van der Waals surface area (Å²) in [4.78, 5) is 0. The minimum absolute atomic E-state index is 0.282. The minimum Gasteiger partial charge on any atom is -0.383 e. The molecule has 0 saturated carbocycles. The van der Waals surface area contributed by atoms with Gasteiger partial charge in [-0.05, 0) is 42.0 Å². The third kappa shape index (κ3) is 2.50. The van der Waals surface area contributed by atoms with E-state index in [-0.39, 0.29) is 5.82 Å². The Labute approximate surface area is 126 Å². The number of hydrogen-bond donors (Lipinski definition) is 1. The average molecular weight is 302 g/mol. The number of aromatic nitrogens is 2. The highest BCUT2D eigenvalue weighted by Gasteiger charge is 2.17. The van der Waals surface area contributed by atoms with Gasteiger partial charge in [0.25, 0.3) is 0 Å². The summed E-state index contributed by atoms with van der Waals surface area (Å²) >= 11 is 5.92. The lowest BCUT2D eigenvalue weighted by Gasteiger charge is -2.05. The first-order chi connectivity index (χ1) is 10.1. The van der Waals surface area contributed by atoms with Crippen LogP contribution in [0.5, 0.6) is 0 Å². The van der Waals surface area contributed by atoms with Crippen molar-refractivity contribution in [3.05, 3.63) is 59.4 Å². The number of anilines is 1. The van der Waals surface area contributed by atoms with Crippen molar-refractivity contribution in [2.75, 3.05) is 5.73 Å². The molecule has 0 amide bonds. The molecule has 0 spiro atoms. The molecule has 0 atom stereocenters. The zero-order valence-corrected chi connectivity index (χ0v) is 12.1. The summed E-state index contributed by atoms with van der Waals surface area (Å²) in [6.07, 6.45) is 0. The van der Waals surface area contributed by atoms with Crippen molar-refractivity contribution in [2.24, 2.45) is 7.05 Å². The molecule has 106 valence electrons. The molecule has 0 aliphatic heterocycles. The first kappa shape index (κ1) is 13.6. The predicted molar refractivity (Wildman–Crippen MR) is 83.5 cm³/mol. The lowest BCUT2D eigenvalue weighted by Crippen LogP contribution is -1.97. The molecule has 3 nitrogen and oxygen atoms in total. The van der Waals surface area contributed by atoms with Crippen molar-refractivity contribution in [1.29, 1.82) is 0 Å². The average Bonchev–Trinajstić information content (AvgIpc) is 2.77. The second-order valence-electron chi connectivity index (χ2n) is 4.75. The van der Waals surface area contributed by atoms with Crippen molar-refractivity contribution in [1.82, 2.24) is 9.78 Å². The molecular formula is C16H13ClFN3. The van der Waals surface area contributed by atoms with Crippen LogP contribution in [0.1, 0.15) is 0 Å². The maximum Gasteiger partial charge on any atom is 0.129 e. The maximum absolute atomic E-state index is 13.1. The predicted octanol–water partition coefficient (Wildman–Crippen LogP) is 4.13. The Hall–Kier alpha value is -2.33. The standard InChI is InChI=1S/C16H13ClFN3/c1-21-16(19)14(10-2-6-12(17)7-3-10)15(20-21)11-4-8-13(18)9-5-11/h2-9H,19H2,1H3. The van der Waals surface area contributed by atoms with Crippen molar-refractivity contribution < 1.29 is 4.39 Å². The number of nitrogens with zero attached hydrogens (tertiary/aromatic N) is 2. The fraction of sp³-hybridized carbons (Fsp3) is 0.0625. The summed E-state index contributed by atoms with van der Waals surface area (Å²) in [7, 11) is 1.78. The fourth-order valence-electron chi connectivity index (χ4n) is 2.25. The monoisotopic (exact) mass is 301 g/mol. The highest BCUT2D eigenvalue weighted by Crippen LogP contribution is 2.36. The molecule has 3 aromatic rings. The Morgan fingerprint density at radius 3 is 2.19 bits per heavy atom. The largest absolute Gasteiger partial charge is 0.383 e. The molecule has 0 aliphatic rings. The molecule has 0 bridgehead atoms. The summed E-state index contributed by atoms with van der Waals surface area (Å²) in [5.74, 6) is 0.271. The van der Waals surface area contributed by atoms with E-state index >= 15 is 0 Å². The van der Waals surface area contributed by atoms with Gasteiger partial charge < -0.3 is 5.73 Å². The molecule has 1 aromatic heterocycles. The van der Waals surface area contributed by atoms with Gasteiger partial charge in [0.15, 0.2) is 0 Å². The first-order valence-electron chi connectivity index (χ1n) is 6.40. The minimum atomic E-state index is -0.282. The van der Waals surface area contributed by atoms with Gasteiger partial charge in [0, 0.05) is 17.6 Å². The van der Waals surface area contributed by atoms with Crippen LogP contribution in [0.15, 0.2) is 48.5 Å². The Morgan fingerprint density at radius 1 is 1.00 bits per heavy atom. The molecule has 2 aromatic carbocycles. The quantitative estimate of drug-likeness (QED) is 0.773. The summed E-state index contributed by atoms with van der Waals surface area (Å²) in [6.45, 7) is 0. The molecule has 0 radical (unpaired) electrons. The first-order valence-corrected chi connectivity index (χ1v) is 6.78. The number of aryl methyl sites for hydroxylation is 1. The van der Waals surface area contributed by atoms with E-state index in [1.54, 1.807) is 36.0 Å². The molecule has 0 unspecified atom stereocenters. The Balaban J connectivity index is 2.20. The SMILES string of the molecule is Cn1nc(-c2ccc(F)cc2)c(-c2ccc(Cl)cc2)c1N. The molecule has 1 heterocycles. The van der Waals surface area contributed by atoms with E-state index in [2.05, 4.69) is 5.10 Å². The van der Waals surface area contributed by atoms with Gasteiger partial charge in [0.05, 0.1) is 5.56 Å². The topological polar surface area (TPSA) is 43.8 Å². The molecule has 0 saturated heterocycles. The molecule has 3 rings (SSSR count). The van der Waals surface area contributed by atoms with E-state index in [1.165, 1.54) is 12.1 Å². The fourth-order valence-corrected chi connectivity index (χ4v) is 2.37. The second-order valence-corrected chi connectivity index (χ2v) is 5.18. The van der Waals surface area contributed by atoms with Crippen LogP contribution in [0.3, 0.4) is 0 Å².